The number of carbonyl (C=O) groups excluding carboxylic acids is 2. The number of unbranched alkanes of at least 4 members (excludes halogenated alkanes) is 25. The summed E-state index contributed by atoms with van der Waals surface area (Å²) in [4.78, 5) is 36.9. The topological polar surface area (TPSA) is 169 Å². The SMILES string of the molecule is CCCCCCC/C=C\C/C=C\CCCCCCCCCCCC(=O)OCC(COC1OC(C(=O)O)C(O)C(O)C1O)OC(=O)CCCCCCC/C=C\CCCCCCCC. The minimum Gasteiger partial charge on any atom is -0.479 e. The molecule has 1 aliphatic heterocycles. The zero-order valence-corrected chi connectivity index (χ0v) is 39.1. The Kier molecular flexibility index (Phi) is 38.1. The number of hydrogen-bond donors (Lipinski definition) is 4. The van der Waals surface area contributed by atoms with Gasteiger partial charge in [0.25, 0.3) is 0 Å². The number of carboxylic acid groups (broad SMARTS) is 1. The van der Waals surface area contributed by atoms with Crippen molar-refractivity contribution in [3.05, 3.63) is 36.5 Å². The van der Waals surface area contributed by atoms with Gasteiger partial charge in [0, 0.05) is 12.8 Å². The first-order chi connectivity index (χ1) is 30.2. The van der Waals surface area contributed by atoms with Gasteiger partial charge < -0.3 is 39.4 Å². The van der Waals surface area contributed by atoms with Crippen molar-refractivity contribution in [2.24, 2.45) is 0 Å². The van der Waals surface area contributed by atoms with Crippen molar-refractivity contribution in [3.63, 3.8) is 0 Å². The molecule has 6 atom stereocenters. The van der Waals surface area contributed by atoms with Crippen molar-refractivity contribution in [2.45, 2.75) is 256 Å². The van der Waals surface area contributed by atoms with Crippen LogP contribution in [-0.4, -0.2) is 88.4 Å². The maximum atomic E-state index is 12.8. The van der Waals surface area contributed by atoms with E-state index in [1.54, 1.807) is 0 Å². The molecule has 1 aliphatic rings. The lowest BCUT2D eigenvalue weighted by atomic mass is 9.99. The second kappa shape index (κ2) is 41.2. The summed E-state index contributed by atoms with van der Waals surface area (Å²) >= 11 is 0. The van der Waals surface area contributed by atoms with E-state index in [1.807, 2.05) is 0 Å². The van der Waals surface area contributed by atoms with Crippen molar-refractivity contribution in [2.75, 3.05) is 13.2 Å². The zero-order chi connectivity index (χ0) is 45.3. The molecule has 1 heterocycles. The van der Waals surface area contributed by atoms with Crippen molar-refractivity contribution < 1.29 is 53.8 Å². The van der Waals surface area contributed by atoms with Crippen molar-refractivity contribution >= 4 is 17.9 Å². The van der Waals surface area contributed by atoms with Crippen LogP contribution in [0.15, 0.2) is 36.5 Å². The second-order valence-electron chi connectivity index (χ2n) is 17.3. The number of rotatable bonds is 42. The van der Waals surface area contributed by atoms with E-state index in [9.17, 15) is 34.8 Å². The highest BCUT2D eigenvalue weighted by atomic mass is 16.7. The summed E-state index contributed by atoms with van der Waals surface area (Å²) in [5, 5.41) is 39.9. The molecule has 0 spiro atoms. The van der Waals surface area contributed by atoms with E-state index < -0.39 is 61.3 Å². The Labute approximate surface area is 376 Å². The Morgan fingerprint density at radius 1 is 0.500 bits per heavy atom. The summed E-state index contributed by atoms with van der Waals surface area (Å²) < 4.78 is 21.8. The Morgan fingerprint density at radius 3 is 1.35 bits per heavy atom. The number of carbonyl (C=O) groups is 3. The van der Waals surface area contributed by atoms with Crippen LogP contribution in [0.5, 0.6) is 0 Å². The van der Waals surface area contributed by atoms with Crippen LogP contribution in [0.25, 0.3) is 0 Å². The molecular weight excluding hydrogens is 789 g/mol. The fourth-order valence-electron chi connectivity index (χ4n) is 7.49. The minimum absolute atomic E-state index is 0.173. The van der Waals surface area contributed by atoms with Crippen LogP contribution in [0.1, 0.15) is 219 Å². The summed E-state index contributed by atoms with van der Waals surface area (Å²) in [6, 6.07) is 0. The molecule has 0 aromatic heterocycles. The first-order valence-corrected chi connectivity index (χ1v) is 25.0. The highest BCUT2D eigenvalue weighted by molar-refractivity contribution is 5.73. The van der Waals surface area contributed by atoms with Crippen LogP contribution in [0.2, 0.25) is 0 Å². The Hall–Kier alpha value is -2.57. The Morgan fingerprint density at radius 2 is 0.903 bits per heavy atom. The third kappa shape index (κ3) is 32.1. The lowest BCUT2D eigenvalue weighted by molar-refractivity contribution is -0.298. The van der Waals surface area contributed by atoms with Crippen LogP contribution in [0.3, 0.4) is 0 Å². The Balaban J connectivity index is 2.31. The predicted octanol–water partition coefficient (Wildman–Crippen LogP) is 11.5. The van der Waals surface area contributed by atoms with Crippen molar-refractivity contribution in [3.8, 4) is 0 Å². The quantitative estimate of drug-likeness (QED) is 0.0261. The third-order valence-electron chi connectivity index (χ3n) is 11.5. The van der Waals surface area contributed by atoms with Gasteiger partial charge in [0.05, 0.1) is 6.61 Å². The van der Waals surface area contributed by atoms with Gasteiger partial charge in [0.2, 0.25) is 0 Å². The van der Waals surface area contributed by atoms with E-state index in [1.165, 1.54) is 109 Å². The largest absolute Gasteiger partial charge is 0.479 e. The maximum absolute atomic E-state index is 12.8. The molecule has 0 bridgehead atoms. The van der Waals surface area contributed by atoms with Crippen molar-refractivity contribution in [1.82, 2.24) is 0 Å². The molecule has 1 rings (SSSR count). The molecule has 6 unspecified atom stereocenters. The molecule has 11 heteroatoms. The van der Waals surface area contributed by atoms with Gasteiger partial charge in [-0.15, -0.1) is 0 Å². The summed E-state index contributed by atoms with van der Waals surface area (Å²) in [6.45, 7) is 3.80. The summed E-state index contributed by atoms with van der Waals surface area (Å²) in [7, 11) is 0. The molecule has 0 saturated carbocycles. The molecule has 1 fully saturated rings. The minimum atomic E-state index is -1.86. The molecule has 0 aromatic carbocycles. The first-order valence-electron chi connectivity index (χ1n) is 25.0. The summed E-state index contributed by atoms with van der Waals surface area (Å²) in [5.74, 6) is -2.45. The number of allylic oxidation sites excluding steroid dienone is 6. The molecule has 62 heavy (non-hydrogen) atoms. The number of carboxylic acids is 1. The lowest BCUT2D eigenvalue weighted by Crippen LogP contribution is -2.60. The van der Waals surface area contributed by atoms with Gasteiger partial charge in [-0.3, -0.25) is 9.59 Å². The molecule has 0 amide bonds. The van der Waals surface area contributed by atoms with Gasteiger partial charge in [-0.2, -0.15) is 0 Å². The predicted molar refractivity (Wildman–Crippen MR) is 248 cm³/mol. The highest BCUT2D eigenvalue weighted by Crippen LogP contribution is 2.23. The summed E-state index contributed by atoms with van der Waals surface area (Å²) in [6.07, 6.45) is 39.0. The lowest BCUT2D eigenvalue weighted by Gasteiger charge is -2.38. The number of aliphatic hydroxyl groups is 3. The van der Waals surface area contributed by atoms with Gasteiger partial charge in [-0.1, -0.05) is 172 Å². The fraction of sp³-hybridized carbons (Fsp3) is 0.824. The number of aliphatic hydroxyl groups excluding tert-OH is 3. The normalized spacial score (nSPS) is 19.8. The molecule has 0 aromatic rings. The van der Waals surface area contributed by atoms with E-state index in [4.69, 9.17) is 18.9 Å². The van der Waals surface area contributed by atoms with Gasteiger partial charge in [-0.25, -0.2) is 4.79 Å². The molecule has 0 aliphatic carbocycles. The van der Waals surface area contributed by atoms with Crippen molar-refractivity contribution in [1.29, 1.82) is 0 Å². The van der Waals surface area contributed by atoms with Crippen LogP contribution in [0.4, 0.5) is 0 Å². The van der Waals surface area contributed by atoms with E-state index >= 15 is 0 Å². The average molecular weight is 879 g/mol. The van der Waals surface area contributed by atoms with E-state index in [0.717, 1.165) is 70.6 Å². The smallest absolute Gasteiger partial charge is 0.335 e. The molecule has 11 nitrogen and oxygen atoms in total. The molecule has 4 N–H and O–H groups in total. The van der Waals surface area contributed by atoms with Crippen LogP contribution in [0, 0.1) is 0 Å². The summed E-state index contributed by atoms with van der Waals surface area (Å²) in [5.41, 5.74) is 0. The van der Waals surface area contributed by atoms with Crippen LogP contribution < -0.4 is 0 Å². The number of aliphatic carboxylic acids is 1. The highest BCUT2D eigenvalue weighted by Gasteiger charge is 2.47. The monoisotopic (exact) mass is 879 g/mol. The standard InChI is InChI=1S/C51H90O11/c1-3-5-7-9-11-13-15-17-19-20-21-22-23-24-26-27-29-31-33-35-37-39-44(52)59-41-43(42-60-51-48(56)46(54)47(55)49(62-51)50(57)58)61-45(53)40-38-36-34-32-30-28-25-18-16-14-12-10-8-6-4-2/h15,17-18,20-21,25,43,46-49,51,54-56H,3-14,16,19,22-24,26-42H2,1-2H3,(H,57,58)/b17-15-,21-20-,25-18-. The van der Waals surface area contributed by atoms with Gasteiger partial charge in [0.1, 0.15) is 24.9 Å². The Bertz CT molecular complexity index is 1170. The molecule has 1 saturated heterocycles. The van der Waals surface area contributed by atoms with Crippen LogP contribution in [-0.2, 0) is 33.3 Å². The van der Waals surface area contributed by atoms with Gasteiger partial charge in [0.15, 0.2) is 18.5 Å². The van der Waals surface area contributed by atoms with E-state index in [0.29, 0.717) is 12.8 Å². The molecule has 0 radical (unpaired) electrons. The molecular formula is C51H90O11. The fourth-order valence-corrected chi connectivity index (χ4v) is 7.49. The zero-order valence-electron chi connectivity index (χ0n) is 39.1. The average Bonchev–Trinajstić information content (AvgIpc) is 3.26. The van der Waals surface area contributed by atoms with E-state index in [-0.39, 0.29) is 19.4 Å². The van der Waals surface area contributed by atoms with Gasteiger partial charge in [-0.05, 0) is 70.6 Å². The first kappa shape index (κ1) is 57.4. The van der Waals surface area contributed by atoms with Crippen LogP contribution >= 0.6 is 0 Å². The number of ether oxygens (including phenoxy) is 4. The maximum Gasteiger partial charge on any atom is 0.335 e. The second-order valence-corrected chi connectivity index (χ2v) is 17.3. The third-order valence-corrected chi connectivity index (χ3v) is 11.5. The van der Waals surface area contributed by atoms with Gasteiger partial charge >= 0.3 is 17.9 Å². The van der Waals surface area contributed by atoms with E-state index in [2.05, 4.69) is 50.3 Å². The molecule has 360 valence electrons. The number of hydrogen-bond acceptors (Lipinski definition) is 10. The number of esters is 2.